The Kier molecular flexibility index (Phi) is 5.31. The number of hydrogen-bond donors (Lipinski definition) is 2. The van der Waals surface area contributed by atoms with Crippen molar-refractivity contribution in [1.29, 1.82) is 0 Å². The van der Waals surface area contributed by atoms with Crippen LogP contribution in [0.5, 0.6) is 0 Å². The first kappa shape index (κ1) is 18.8. The average Bonchev–Trinajstić information content (AvgIpc) is 2.57. The van der Waals surface area contributed by atoms with Gasteiger partial charge in [0, 0.05) is 11.0 Å². The fourth-order valence-corrected chi connectivity index (χ4v) is 4.62. The number of benzene rings is 2. The predicted molar refractivity (Wildman–Crippen MR) is 99.2 cm³/mol. The van der Waals surface area contributed by atoms with Gasteiger partial charge in [0.25, 0.3) is 0 Å². The SMILES string of the molecule is O=C(O)CN1CCCC(NS(=O)(=O)c2ccc3cc(Br)ccc3c2)C1=O. The Labute approximate surface area is 159 Å². The van der Waals surface area contributed by atoms with Crippen LogP contribution in [0.3, 0.4) is 0 Å². The Morgan fingerprint density at radius 3 is 2.65 bits per heavy atom. The second kappa shape index (κ2) is 7.34. The van der Waals surface area contributed by atoms with Crippen molar-refractivity contribution in [1.82, 2.24) is 9.62 Å². The summed E-state index contributed by atoms with van der Waals surface area (Å²) >= 11 is 3.37. The van der Waals surface area contributed by atoms with Gasteiger partial charge in [-0.25, -0.2) is 8.42 Å². The number of aliphatic carboxylic acids is 1. The standard InChI is InChI=1S/C17H17BrN2O5S/c18-13-5-3-12-9-14(6-4-11(12)8-13)26(24,25)19-15-2-1-7-20(17(15)23)10-16(21)22/h3-6,8-9,15,19H,1-2,7,10H2,(H,21,22). The second-order valence-corrected chi connectivity index (χ2v) is 8.75. The molecule has 0 aromatic heterocycles. The molecule has 0 aliphatic carbocycles. The van der Waals surface area contributed by atoms with Gasteiger partial charge in [0.15, 0.2) is 0 Å². The van der Waals surface area contributed by atoms with Gasteiger partial charge in [-0.15, -0.1) is 0 Å². The first-order valence-corrected chi connectivity index (χ1v) is 10.3. The molecule has 1 aliphatic rings. The lowest BCUT2D eigenvalue weighted by atomic mass is 10.1. The van der Waals surface area contributed by atoms with Gasteiger partial charge < -0.3 is 10.0 Å². The van der Waals surface area contributed by atoms with Crippen LogP contribution >= 0.6 is 15.9 Å². The maximum absolute atomic E-state index is 12.7. The van der Waals surface area contributed by atoms with Crippen LogP contribution < -0.4 is 4.72 Å². The summed E-state index contributed by atoms with van der Waals surface area (Å²) in [5.74, 6) is -1.63. The van der Waals surface area contributed by atoms with Crippen LogP contribution in [-0.4, -0.2) is 49.4 Å². The summed E-state index contributed by atoms with van der Waals surface area (Å²) in [7, 11) is -3.90. The number of halogens is 1. The van der Waals surface area contributed by atoms with Gasteiger partial charge in [0.05, 0.1) is 4.90 Å². The number of carboxylic acid groups (broad SMARTS) is 1. The van der Waals surface area contributed by atoms with Crippen LogP contribution in [0, 0.1) is 0 Å². The molecule has 2 N–H and O–H groups in total. The van der Waals surface area contributed by atoms with Crippen LogP contribution in [0.25, 0.3) is 10.8 Å². The van der Waals surface area contributed by atoms with Crippen molar-refractivity contribution in [2.24, 2.45) is 0 Å². The molecular formula is C17H17BrN2O5S. The molecule has 1 heterocycles. The lowest BCUT2D eigenvalue weighted by Crippen LogP contribution is -2.53. The Balaban J connectivity index is 1.83. The normalized spacial score (nSPS) is 18.3. The van der Waals surface area contributed by atoms with Gasteiger partial charge in [-0.1, -0.05) is 28.1 Å². The third kappa shape index (κ3) is 4.05. The zero-order chi connectivity index (χ0) is 18.9. The van der Waals surface area contributed by atoms with Crippen molar-refractivity contribution < 1.29 is 23.1 Å². The predicted octanol–water partition coefficient (Wildman–Crippen LogP) is 1.96. The van der Waals surface area contributed by atoms with Gasteiger partial charge in [-0.2, -0.15) is 4.72 Å². The first-order chi connectivity index (χ1) is 12.3. The van der Waals surface area contributed by atoms with E-state index in [4.69, 9.17) is 5.11 Å². The maximum atomic E-state index is 12.7. The molecular weight excluding hydrogens is 424 g/mol. The Hall–Kier alpha value is -1.97. The minimum atomic E-state index is -3.90. The number of piperidine rings is 1. The van der Waals surface area contributed by atoms with Crippen LogP contribution in [0.4, 0.5) is 0 Å². The highest BCUT2D eigenvalue weighted by atomic mass is 79.9. The molecule has 0 spiro atoms. The van der Waals surface area contributed by atoms with Crippen LogP contribution in [0.15, 0.2) is 45.8 Å². The zero-order valence-electron chi connectivity index (χ0n) is 13.7. The molecule has 2 aromatic rings. The summed E-state index contributed by atoms with van der Waals surface area (Å²) in [5, 5.41) is 10.5. The maximum Gasteiger partial charge on any atom is 0.323 e. The van der Waals surface area contributed by atoms with Crippen molar-refractivity contribution in [3.05, 3.63) is 40.9 Å². The van der Waals surface area contributed by atoms with Gasteiger partial charge in [-0.3, -0.25) is 9.59 Å². The summed E-state index contributed by atoms with van der Waals surface area (Å²) in [6.45, 7) is -0.115. The molecule has 26 heavy (non-hydrogen) atoms. The van der Waals surface area contributed by atoms with Crippen LogP contribution in [0.2, 0.25) is 0 Å². The molecule has 7 nitrogen and oxygen atoms in total. The molecule has 138 valence electrons. The summed E-state index contributed by atoms with van der Waals surface area (Å²) in [6, 6.07) is 9.29. The summed E-state index contributed by atoms with van der Waals surface area (Å²) in [6.07, 6.45) is 0.882. The molecule has 1 amide bonds. The van der Waals surface area contributed by atoms with Crippen LogP contribution in [0.1, 0.15) is 12.8 Å². The van der Waals surface area contributed by atoms with E-state index in [9.17, 15) is 18.0 Å². The molecule has 1 unspecified atom stereocenters. The first-order valence-electron chi connectivity index (χ1n) is 7.98. The number of fused-ring (bicyclic) bond motifs is 1. The van der Waals surface area contributed by atoms with Crippen molar-refractivity contribution in [2.45, 2.75) is 23.8 Å². The number of carbonyl (C=O) groups excluding carboxylic acids is 1. The number of nitrogens with zero attached hydrogens (tertiary/aromatic N) is 1. The topological polar surface area (TPSA) is 104 Å². The second-order valence-electron chi connectivity index (χ2n) is 6.12. The highest BCUT2D eigenvalue weighted by Gasteiger charge is 2.33. The summed E-state index contributed by atoms with van der Waals surface area (Å²) in [5.41, 5.74) is 0. The largest absolute Gasteiger partial charge is 0.480 e. The smallest absolute Gasteiger partial charge is 0.323 e. The van der Waals surface area contributed by atoms with Crippen molar-refractivity contribution >= 4 is 48.6 Å². The number of rotatable bonds is 5. The van der Waals surface area contributed by atoms with Gasteiger partial charge in [0.2, 0.25) is 15.9 Å². The van der Waals surface area contributed by atoms with E-state index in [2.05, 4.69) is 20.7 Å². The molecule has 0 saturated carbocycles. The van der Waals surface area contributed by atoms with E-state index in [0.29, 0.717) is 19.4 Å². The number of hydrogen-bond acceptors (Lipinski definition) is 4. The number of carbonyl (C=O) groups is 2. The molecule has 1 atom stereocenters. The number of carboxylic acids is 1. The van der Waals surface area contributed by atoms with E-state index < -0.39 is 34.5 Å². The fourth-order valence-electron chi connectivity index (χ4n) is 2.99. The van der Waals surface area contributed by atoms with Gasteiger partial charge in [0.1, 0.15) is 12.6 Å². The van der Waals surface area contributed by atoms with Gasteiger partial charge >= 0.3 is 5.97 Å². The lowest BCUT2D eigenvalue weighted by Gasteiger charge is -2.31. The third-order valence-electron chi connectivity index (χ3n) is 4.24. The van der Waals surface area contributed by atoms with Gasteiger partial charge in [-0.05, 0) is 47.9 Å². The number of sulfonamides is 1. The highest BCUT2D eigenvalue weighted by molar-refractivity contribution is 9.10. The number of nitrogens with one attached hydrogen (secondary N) is 1. The van der Waals surface area contributed by atoms with Crippen LogP contribution in [-0.2, 0) is 19.6 Å². The lowest BCUT2D eigenvalue weighted by molar-refractivity contribution is -0.146. The molecule has 9 heteroatoms. The van der Waals surface area contributed by atoms with Crippen molar-refractivity contribution in [2.75, 3.05) is 13.1 Å². The van der Waals surface area contributed by atoms with E-state index in [1.807, 2.05) is 12.1 Å². The zero-order valence-corrected chi connectivity index (χ0v) is 16.1. The molecule has 0 bridgehead atoms. The number of likely N-dealkylation sites (tertiary alicyclic amines) is 1. The minimum absolute atomic E-state index is 0.0653. The van der Waals surface area contributed by atoms with Crippen molar-refractivity contribution in [3.63, 3.8) is 0 Å². The Morgan fingerprint density at radius 1 is 1.23 bits per heavy atom. The monoisotopic (exact) mass is 440 g/mol. The fraction of sp³-hybridized carbons (Fsp3) is 0.294. The van der Waals surface area contributed by atoms with Crippen molar-refractivity contribution in [3.8, 4) is 0 Å². The molecule has 2 aromatic carbocycles. The Morgan fingerprint density at radius 2 is 1.92 bits per heavy atom. The van der Waals surface area contributed by atoms with E-state index in [-0.39, 0.29) is 4.90 Å². The van der Waals surface area contributed by atoms with E-state index in [1.165, 1.54) is 6.07 Å². The molecule has 1 fully saturated rings. The number of amides is 1. The van der Waals surface area contributed by atoms with E-state index in [0.717, 1.165) is 20.1 Å². The highest BCUT2D eigenvalue weighted by Crippen LogP contribution is 2.23. The quantitative estimate of drug-likeness (QED) is 0.739. The summed E-state index contributed by atoms with van der Waals surface area (Å²) < 4.78 is 28.7. The average molecular weight is 441 g/mol. The third-order valence-corrected chi connectivity index (χ3v) is 6.20. The Bertz CT molecular complexity index is 976. The molecule has 1 aliphatic heterocycles. The van der Waals surface area contributed by atoms with E-state index >= 15 is 0 Å². The molecule has 3 rings (SSSR count). The summed E-state index contributed by atoms with van der Waals surface area (Å²) in [4.78, 5) is 24.4. The van der Waals surface area contributed by atoms with E-state index in [1.54, 1.807) is 18.2 Å². The molecule has 1 saturated heterocycles. The molecule has 0 radical (unpaired) electrons. The minimum Gasteiger partial charge on any atom is -0.480 e.